The largest absolute Gasteiger partial charge is 0.476 e. The normalized spacial score (nSPS) is 16.6. The van der Waals surface area contributed by atoms with Crippen LogP contribution >= 0.6 is 0 Å². The van der Waals surface area contributed by atoms with Crippen LogP contribution in [-0.4, -0.2) is 27.0 Å². The fourth-order valence-corrected chi connectivity index (χ4v) is 6.50. The quantitative estimate of drug-likeness (QED) is 0.450. The van der Waals surface area contributed by atoms with Crippen LogP contribution in [0.15, 0.2) is 83.8 Å². The average Bonchev–Trinajstić information content (AvgIpc) is 3.30. The summed E-state index contributed by atoms with van der Waals surface area (Å²) in [5.74, 6) is -0.0231. The summed E-state index contributed by atoms with van der Waals surface area (Å²) in [6, 6.07) is 23.7. The first kappa shape index (κ1) is 21.7. The van der Waals surface area contributed by atoms with Crippen molar-refractivity contribution in [2.75, 3.05) is 16.2 Å². The Morgan fingerprint density at radius 1 is 0.943 bits per heavy atom. The van der Waals surface area contributed by atoms with Crippen molar-refractivity contribution in [2.45, 2.75) is 30.8 Å². The van der Waals surface area contributed by atoms with Crippen LogP contribution in [0, 0.1) is 6.92 Å². The molecule has 176 valence electrons. The van der Waals surface area contributed by atoms with Crippen LogP contribution in [0.25, 0.3) is 10.8 Å². The standard InChI is InChI=1S/C28H24N2O4S/c1-18-10-15-25-24(16-18)30(35(32,33)21-7-3-2-4-8-21)17-26(34-25)28(31)29-23-14-13-20-12-11-19-6-5-9-22(23)27(19)20/h2-10,13-16,26H,11-12,17H2,1H3,(H,29,31)/t26-/m1/s1. The molecule has 1 aliphatic heterocycles. The van der Waals surface area contributed by atoms with Crippen LogP contribution < -0.4 is 14.4 Å². The topological polar surface area (TPSA) is 75.7 Å². The van der Waals surface area contributed by atoms with Crippen molar-refractivity contribution in [1.82, 2.24) is 0 Å². The zero-order valence-corrected chi connectivity index (χ0v) is 20.0. The molecule has 2 aliphatic rings. The molecule has 1 amide bonds. The van der Waals surface area contributed by atoms with Gasteiger partial charge in [0.1, 0.15) is 5.75 Å². The minimum atomic E-state index is -3.90. The molecule has 0 radical (unpaired) electrons. The molecule has 1 atom stereocenters. The lowest BCUT2D eigenvalue weighted by Gasteiger charge is -2.35. The Kier molecular flexibility index (Phi) is 5.04. The third-order valence-electron chi connectivity index (χ3n) is 6.74. The first-order valence-corrected chi connectivity index (χ1v) is 13.1. The summed E-state index contributed by atoms with van der Waals surface area (Å²) in [5, 5.41) is 5.20. The highest BCUT2D eigenvalue weighted by molar-refractivity contribution is 7.92. The highest BCUT2D eigenvalue weighted by atomic mass is 32.2. The average molecular weight is 485 g/mol. The van der Waals surface area contributed by atoms with E-state index in [9.17, 15) is 13.2 Å². The Morgan fingerprint density at radius 2 is 1.71 bits per heavy atom. The SMILES string of the molecule is Cc1ccc2c(c1)N(S(=O)(=O)c1ccccc1)C[C@H](C(=O)Nc1ccc3c4c(cccc14)CC3)O2. The first-order chi connectivity index (χ1) is 16.9. The third kappa shape index (κ3) is 3.63. The van der Waals surface area contributed by atoms with Crippen LogP contribution in [0.5, 0.6) is 5.75 Å². The van der Waals surface area contributed by atoms with E-state index >= 15 is 0 Å². The summed E-state index contributed by atoms with van der Waals surface area (Å²) in [6.07, 6.45) is 0.989. The molecule has 0 saturated carbocycles. The number of aryl methyl sites for hydroxylation is 3. The molecule has 6 nitrogen and oxygen atoms in total. The number of amides is 1. The predicted molar refractivity (Wildman–Crippen MR) is 137 cm³/mol. The number of nitrogens with zero attached hydrogens (tertiary/aromatic N) is 1. The lowest BCUT2D eigenvalue weighted by Crippen LogP contribution is -2.48. The maximum absolute atomic E-state index is 13.6. The smallest absolute Gasteiger partial charge is 0.267 e. The molecule has 1 aliphatic carbocycles. The van der Waals surface area contributed by atoms with Crippen molar-refractivity contribution < 1.29 is 17.9 Å². The fraction of sp³-hybridized carbons (Fsp3) is 0.179. The molecule has 4 aromatic carbocycles. The van der Waals surface area contributed by atoms with E-state index in [1.54, 1.807) is 42.5 Å². The van der Waals surface area contributed by atoms with E-state index in [2.05, 4.69) is 17.4 Å². The van der Waals surface area contributed by atoms with Crippen LogP contribution in [0.4, 0.5) is 11.4 Å². The second-order valence-electron chi connectivity index (χ2n) is 9.03. The molecular weight excluding hydrogens is 460 g/mol. The van der Waals surface area contributed by atoms with Crippen molar-refractivity contribution in [3.8, 4) is 5.75 Å². The Morgan fingerprint density at radius 3 is 2.51 bits per heavy atom. The van der Waals surface area contributed by atoms with Gasteiger partial charge in [-0.1, -0.05) is 48.5 Å². The van der Waals surface area contributed by atoms with Gasteiger partial charge in [-0.3, -0.25) is 9.10 Å². The van der Waals surface area contributed by atoms with Crippen molar-refractivity contribution in [3.63, 3.8) is 0 Å². The molecule has 35 heavy (non-hydrogen) atoms. The van der Waals surface area contributed by atoms with Gasteiger partial charge in [0.05, 0.1) is 17.1 Å². The highest BCUT2D eigenvalue weighted by Gasteiger charge is 2.38. The number of carbonyl (C=O) groups is 1. The Balaban J connectivity index is 1.36. The number of fused-ring (bicyclic) bond motifs is 1. The number of sulfonamides is 1. The van der Waals surface area contributed by atoms with Crippen molar-refractivity contribution >= 4 is 38.1 Å². The number of carbonyl (C=O) groups excluding carboxylic acids is 1. The molecule has 0 spiro atoms. The van der Waals surface area contributed by atoms with Crippen molar-refractivity contribution in [2.24, 2.45) is 0 Å². The van der Waals surface area contributed by atoms with Gasteiger partial charge in [-0.05, 0) is 72.2 Å². The minimum absolute atomic E-state index is 0.124. The monoisotopic (exact) mass is 484 g/mol. The maximum atomic E-state index is 13.6. The highest BCUT2D eigenvalue weighted by Crippen LogP contribution is 2.39. The minimum Gasteiger partial charge on any atom is -0.476 e. The molecule has 0 saturated heterocycles. The van der Waals surface area contributed by atoms with Gasteiger partial charge < -0.3 is 10.1 Å². The Bertz CT molecular complexity index is 1570. The molecule has 7 heteroatoms. The van der Waals surface area contributed by atoms with E-state index < -0.39 is 16.1 Å². The van der Waals surface area contributed by atoms with Gasteiger partial charge >= 0.3 is 0 Å². The molecule has 0 unspecified atom stereocenters. The Labute approximate surface area is 204 Å². The predicted octanol–water partition coefficient (Wildman–Crippen LogP) is 4.84. The number of nitrogens with one attached hydrogen (secondary N) is 1. The number of benzene rings is 4. The van der Waals surface area contributed by atoms with Gasteiger partial charge in [0.2, 0.25) is 0 Å². The molecule has 1 heterocycles. The van der Waals surface area contributed by atoms with E-state index in [1.165, 1.54) is 20.8 Å². The number of rotatable bonds is 4. The number of hydrogen-bond donors (Lipinski definition) is 1. The van der Waals surface area contributed by atoms with E-state index in [0.717, 1.165) is 23.8 Å². The van der Waals surface area contributed by atoms with Gasteiger partial charge in [0.25, 0.3) is 15.9 Å². The lowest BCUT2D eigenvalue weighted by molar-refractivity contribution is -0.122. The molecule has 6 rings (SSSR count). The van der Waals surface area contributed by atoms with Crippen LogP contribution in [-0.2, 0) is 27.7 Å². The van der Waals surface area contributed by atoms with Gasteiger partial charge in [0, 0.05) is 11.1 Å². The summed E-state index contributed by atoms with van der Waals surface area (Å²) < 4.78 is 34.5. The van der Waals surface area contributed by atoms with Gasteiger partial charge in [0.15, 0.2) is 6.10 Å². The number of ether oxygens (including phenoxy) is 1. The molecular formula is C28H24N2O4S. The summed E-state index contributed by atoms with van der Waals surface area (Å²) in [7, 11) is -3.90. The van der Waals surface area contributed by atoms with Crippen molar-refractivity contribution in [1.29, 1.82) is 0 Å². The zero-order valence-electron chi connectivity index (χ0n) is 19.2. The fourth-order valence-electron chi connectivity index (χ4n) is 5.01. The second kappa shape index (κ2) is 8.13. The maximum Gasteiger partial charge on any atom is 0.267 e. The Hall–Kier alpha value is -3.84. The van der Waals surface area contributed by atoms with E-state index in [-0.39, 0.29) is 17.3 Å². The third-order valence-corrected chi connectivity index (χ3v) is 8.54. The van der Waals surface area contributed by atoms with Gasteiger partial charge in [-0.15, -0.1) is 0 Å². The summed E-state index contributed by atoms with van der Waals surface area (Å²) >= 11 is 0. The van der Waals surface area contributed by atoms with Crippen LogP contribution in [0.1, 0.15) is 16.7 Å². The zero-order chi connectivity index (χ0) is 24.2. The van der Waals surface area contributed by atoms with Crippen LogP contribution in [0.3, 0.4) is 0 Å². The second-order valence-corrected chi connectivity index (χ2v) is 10.9. The first-order valence-electron chi connectivity index (χ1n) is 11.6. The van der Waals surface area contributed by atoms with Gasteiger partial charge in [-0.2, -0.15) is 0 Å². The van der Waals surface area contributed by atoms with Crippen LogP contribution in [0.2, 0.25) is 0 Å². The number of anilines is 2. The lowest BCUT2D eigenvalue weighted by atomic mass is 10.0. The van der Waals surface area contributed by atoms with E-state index in [4.69, 9.17) is 4.74 Å². The molecule has 0 fully saturated rings. The summed E-state index contributed by atoms with van der Waals surface area (Å²) in [6.45, 7) is 1.77. The van der Waals surface area contributed by atoms with Gasteiger partial charge in [-0.25, -0.2) is 8.42 Å². The van der Waals surface area contributed by atoms with Crippen molar-refractivity contribution in [3.05, 3.63) is 95.6 Å². The molecule has 0 aromatic heterocycles. The number of hydrogen-bond acceptors (Lipinski definition) is 4. The summed E-state index contributed by atoms with van der Waals surface area (Å²) in [4.78, 5) is 13.6. The molecule has 4 aromatic rings. The molecule has 0 bridgehead atoms. The van der Waals surface area contributed by atoms with E-state index in [1.807, 2.05) is 31.2 Å². The van der Waals surface area contributed by atoms with E-state index in [0.29, 0.717) is 17.1 Å². The summed E-state index contributed by atoms with van der Waals surface area (Å²) in [5.41, 5.74) is 4.60. The molecule has 1 N–H and O–H groups in total.